The van der Waals surface area contributed by atoms with Crippen LogP contribution in [0.2, 0.25) is 0 Å². The molecule has 0 atom stereocenters. The van der Waals surface area contributed by atoms with Gasteiger partial charge in [-0.15, -0.1) is 0 Å². The molecule has 1 aliphatic heterocycles. The van der Waals surface area contributed by atoms with Crippen LogP contribution in [0.3, 0.4) is 0 Å². The molecule has 0 bridgehead atoms. The second-order valence-electron chi connectivity index (χ2n) is 8.85. The first-order valence-corrected chi connectivity index (χ1v) is 12.1. The average molecular weight is 500 g/mol. The van der Waals surface area contributed by atoms with Gasteiger partial charge in [-0.3, -0.25) is 15.7 Å². The summed E-state index contributed by atoms with van der Waals surface area (Å²) in [6, 6.07) is 15.4. The fraction of sp³-hybridized carbons (Fsp3) is 0.296. The molecule has 0 unspecified atom stereocenters. The van der Waals surface area contributed by atoms with Gasteiger partial charge in [0.15, 0.2) is 0 Å². The number of rotatable bonds is 7. The van der Waals surface area contributed by atoms with E-state index in [2.05, 4.69) is 15.5 Å². The number of aromatic nitrogens is 2. The lowest BCUT2D eigenvalue weighted by Crippen LogP contribution is -2.37. The van der Waals surface area contributed by atoms with Crippen LogP contribution in [0.1, 0.15) is 26.3 Å². The van der Waals surface area contributed by atoms with Crippen molar-refractivity contribution in [2.24, 2.45) is 0 Å². The molecule has 2 aromatic carbocycles. The van der Waals surface area contributed by atoms with E-state index in [0.29, 0.717) is 43.8 Å². The van der Waals surface area contributed by atoms with Gasteiger partial charge in [-0.2, -0.15) is 4.98 Å². The van der Waals surface area contributed by atoms with Crippen molar-refractivity contribution in [1.29, 1.82) is 16.2 Å². The maximum Gasteiger partial charge on any atom is 0.228 e. The number of hydrogen-bond donors (Lipinski definition) is 5. The number of nitrogens with zero attached hydrogens (tertiary/aromatic N) is 4. The molecule has 1 saturated heterocycles. The van der Waals surface area contributed by atoms with E-state index in [1.165, 1.54) is 0 Å². The monoisotopic (exact) mass is 499 g/mol. The van der Waals surface area contributed by atoms with Gasteiger partial charge < -0.3 is 25.7 Å². The molecule has 10 nitrogen and oxygen atoms in total. The summed E-state index contributed by atoms with van der Waals surface area (Å²) in [4.78, 5) is 13.4. The van der Waals surface area contributed by atoms with Crippen LogP contribution >= 0.6 is 0 Å². The molecule has 0 saturated carbocycles. The van der Waals surface area contributed by atoms with E-state index < -0.39 is 0 Å². The summed E-state index contributed by atoms with van der Waals surface area (Å²) < 4.78 is 5.52. The molecule has 0 spiro atoms. The third kappa shape index (κ3) is 5.92. The first kappa shape index (κ1) is 25.8. The maximum atomic E-state index is 8.05. The third-order valence-electron chi connectivity index (χ3n) is 6.07. The van der Waals surface area contributed by atoms with Gasteiger partial charge in [-0.25, -0.2) is 4.98 Å². The van der Waals surface area contributed by atoms with Crippen LogP contribution in [-0.2, 0) is 4.74 Å². The first-order chi connectivity index (χ1) is 17.8. The maximum absolute atomic E-state index is 8.05. The number of nitrogens with one attached hydrogen (secondary N) is 5. The van der Waals surface area contributed by atoms with Gasteiger partial charge in [0.2, 0.25) is 5.95 Å². The van der Waals surface area contributed by atoms with Crippen LogP contribution in [0.5, 0.6) is 0 Å². The van der Waals surface area contributed by atoms with E-state index in [1.54, 1.807) is 25.7 Å². The van der Waals surface area contributed by atoms with E-state index in [0.717, 1.165) is 33.9 Å². The zero-order valence-electron chi connectivity index (χ0n) is 21.6. The standard InChI is InChI=1S/C27H33N9O/c1-17(28)23-10-5-20(15-25(23)31-4)24-16-26(34-27(33-24)35-11-13-37-14-12-35)32-21-6-8-22(9-7-21)36(18(2)29)19(3)30/h5-10,15-16,28-31H,11-14H2,1-4H3,(H,32,33,34). The number of anilines is 5. The van der Waals surface area contributed by atoms with E-state index in [1.807, 2.05) is 55.6 Å². The average Bonchev–Trinajstić information content (AvgIpc) is 2.89. The molecule has 2 heterocycles. The van der Waals surface area contributed by atoms with Crippen molar-refractivity contribution >= 4 is 46.2 Å². The largest absolute Gasteiger partial charge is 0.388 e. The number of ether oxygens (including phenoxy) is 1. The molecule has 1 fully saturated rings. The van der Waals surface area contributed by atoms with Gasteiger partial charge in [0.05, 0.1) is 18.9 Å². The van der Waals surface area contributed by atoms with Crippen LogP contribution < -0.4 is 20.4 Å². The number of morpholine rings is 1. The molecular weight excluding hydrogens is 466 g/mol. The zero-order valence-corrected chi connectivity index (χ0v) is 21.6. The van der Waals surface area contributed by atoms with Crippen LogP contribution in [0.15, 0.2) is 48.5 Å². The molecule has 1 aromatic heterocycles. The van der Waals surface area contributed by atoms with Crippen molar-refractivity contribution in [3.63, 3.8) is 0 Å². The van der Waals surface area contributed by atoms with Crippen molar-refractivity contribution in [2.45, 2.75) is 20.8 Å². The van der Waals surface area contributed by atoms with E-state index in [4.69, 9.17) is 30.9 Å². The Bertz CT molecular complexity index is 1300. The second-order valence-corrected chi connectivity index (χ2v) is 8.85. The van der Waals surface area contributed by atoms with E-state index >= 15 is 0 Å². The summed E-state index contributed by atoms with van der Waals surface area (Å²) in [5.41, 5.74) is 5.49. The minimum atomic E-state index is 0.286. The molecule has 4 rings (SSSR count). The summed E-state index contributed by atoms with van der Waals surface area (Å²) >= 11 is 0. The molecule has 37 heavy (non-hydrogen) atoms. The molecular formula is C27H33N9O. The number of hydrogen-bond acceptors (Lipinski definition) is 9. The molecule has 1 aliphatic rings. The van der Waals surface area contributed by atoms with Crippen molar-refractivity contribution in [3.8, 4) is 11.3 Å². The molecule has 0 aliphatic carbocycles. The molecule has 0 radical (unpaired) electrons. The van der Waals surface area contributed by atoms with Gasteiger partial charge >= 0.3 is 0 Å². The lowest BCUT2D eigenvalue weighted by molar-refractivity contribution is 0.122. The molecule has 0 amide bonds. The van der Waals surface area contributed by atoms with Crippen molar-refractivity contribution in [3.05, 3.63) is 54.1 Å². The van der Waals surface area contributed by atoms with Gasteiger partial charge in [0.25, 0.3) is 0 Å². The summed E-state index contributed by atoms with van der Waals surface area (Å²) in [6.45, 7) is 7.79. The molecule has 10 heteroatoms. The minimum absolute atomic E-state index is 0.286. The first-order valence-electron chi connectivity index (χ1n) is 12.1. The lowest BCUT2D eigenvalue weighted by Gasteiger charge is -2.27. The van der Waals surface area contributed by atoms with Crippen molar-refractivity contribution in [1.82, 2.24) is 9.97 Å². The second kappa shape index (κ2) is 11.2. The Morgan fingerprint density at radius 1 is 0.919 bits per heavy atom. The topological polar surface area (TPSA) is 137 Å². The fourth-order valence-corrected chi connectivity index (χ4v) is 4.27. The molecule has 3 aromatic rings. The minimum Gasteiger partial charge on any atom is -0.388 e. The highest BCUT2D eigenvalue weighted by molar-refractivity contribution is 6.15. The van der Waals surface area contributed by atoms with Crippen molar-refractivity contribution < 1.29 is 4.74 Å². The highest BCUT2D eigenvalue weighted by Gasteiger charge is 2.18. The van der Waals surface area contributed by atoms with Gasteiger partial charge in [0.1, 0.15) is 17.5 Å². The van der Waals surface area contributed by atoms with E-state index in [-0.39, 0.29) is 11.7 Å². The summed E-state index contributed by atoms with van der Waals surface area (Å²) in [5, 5.41) is 30.6. The normalized spacial score (nSPS) is 13.1. The van der Waals surface area contributed by atoms with E-state index in [9.17, 15) is 0 Å². The predicted molar refractivity (Wildman–Crippen MR) is 152 cm³/mol. The number of benzene rings is 2. The number of amidine groups is 2. The molecule has 5 N–H and O–H groups in total. The Kier molecular flexibility index (Phi) is 7.78. The van der Waals surface area contributed by atoms with Gasteiger partial charge in [-0.05, 0) is 51.1 Å². The highest BCUT2D eigenvalue weighted by Crippen LogP contribution is 2.29. The Labute approximate surface area is 217 Å². The molecule has 192 valence electrons. The van der Waals surface area contributed by atoms with Crippen molar-refractivity contribution in [2.75, 3.05) is 53.8 Å². The zero-order chi connectivity index (χ0) is 26.5. The quantitative estimate of drug-likeness (QED) is 0.229. The Morgan fingerprint density at radius 3 is 2.19 bits per heavy atom. The highest BCUT2D eigenvalue weighted by atomic mass is 16.5. The van der Waals surface area contributed by atoms with Crippen LogP contribution in [0, 0.1) is 16.2 Å². The van der Waals surface area contributed by atoms with Gasteiger partial charge in [-0.1, -0.05) is 12.1 Å². The lowest BCUT2D eigenvalue weighted by atomic mass is 10.0. The summed E-state index contributed by atoms with van der Waals surface area (Å²) in [7, 11) is 1.85. The predicted octanol–water partition coefficient (Wildman–Crippen LogP) is 4.95. The van der Waals surface area contributed by atoms with Crippen LogP contribution in [-0.4, -0.2) is 60.7 Å². The Balaban J connectivity index is 1.70. The fourth-order valence-electron chi connectivity index (χ4n) is 4.27. The summed E-state index contributed by atoms with van der Waals surface area (Å²) in [5.74, 6) is 1.85. The third-order valence-corrected chi connectivity index (χ3v) is 6.07. The Hall–Kier alpha value is -4.31. The SMILES string of the molecule is CNc1cc(-c2cc(Nc3ccc(N(C(C)=N)C(C)=N)cc3)nc(N3CCOCC3)n2)ccc1C(C)=N. The smallest absolute Gasteiger partial charge is 0.228 e. The summed E-state index contributed by atoms with van der Waals surface area (Å²) in [6.07, 6.45) is 0. The van der Waals surface area contributed by atoms with Crippen LogP contribution in [0.25, 0.3) is 11.3 Å². The van der Waals surface area contributed by atoms with Gasteiger partial charge in [0, 0.05) is 60.1 Å². The Morgan fingerprint density at radius 2 is 1.59 bits per heavy atom. The van der Waals surface area contributed by atoms with Crippen LogP contribution in [0.4, 0.5) is 28.8 Å².